The first kappa shape index (κ1) is 63.0. The van der Waals surface area contributed by atoms with Gasteiger partial charge in [-0.2, -0.15) is 0 Å². The molecule has 4 aromatic heterocycles. The molecule has 2 saturated heterocycles. The van der Waals surface area contributed by atoms with Crippen LogP contribution in [0.5, 0.6) is 0 Å². The minimum absolute atomic E-state index is 0.458. The third-order valence-electron chi connectivity index (χ3n) is 12.2. The van der Waals surface area contributed by atoms with Crippen LogP contribution in [0.15, 0.2) is 102 Å². The fourth-order valence-corrected chi connectivity index (χ4v) is 11.9. The van der Waals surface area contributed by atoms with Crippen LogP contribution < -0.4 is 0 Å². The fourth-order valence-electron chi connectivity index (χ4n) is 9.03. The van der Waals surface area contributed by atoms with Crippen LogP contribution >= 0.6 is 61.8 Å². The normalized spacial score (nSPS) is 22.1. The van der Waals surface area contributed by atoms with Gasteiger partial charge in [-0.1, -0.05) is 61.3 Å². The van der Waals surface area contributed by atoms with Crippen LogP contribution in [0, 0.1) is 6.92 Å². The summed E-state index contributed by atoms with van der Waals surface area (Å²) in [6.07, 6.45) is 3.30. The minimum Gasteiger partial charge on any atom is -0.456 e. The third-order valence-corrected chi connectivity index (χ3v) is 15.7. The molecule has 2 aliphatic heterocycles. The van der Waals surface area contributed by atoms with Crippen molar-refractivity contribution in [1.29, 1.82) is 0 Å². The van der Waals surface area contributed by atoms with E-state index in [9.17, 15) is 28.8 Å². The van der Waals surface area contributed by atoms with E-state index in [1.54, 1.807) is 84.1 Å². The quantitative estimate of drug-likeness (QED) is 0.0687. The molecule has 0 unspecified atom stereocenters. The second kappa shape index (κ2) is 30.0. The molecule has 10 atom stereocenters. The maximum atomic E-state index is 12.1. The first-order chi connectivity index (χ1) is 38.1. The number of thiophene rings is 2. The van der Waals surface area contributed by atoms with Crippen molar-refractivity contribution in [2.45, 2.75) is 149 Å². The number of aryl methyl sites for hydroxylation is 1. The van der Waals surface area contributed by atoms with Crippen molar-refractivity contribution in [2.75, 3.05) is 0 Å². The minimum atomic E-state index is -1.06. The summed E-state index contributed by atoms with van der Waals surface area (Å²) in [6.45, 7) is 13.2. The lowest BCUT2D eigenvalue weighted by Gasteiger charge is -2.44. The molecule has 8 rings (SSSR count). The van der Waals surface area contributed by atoms with Crippen molar-refractivity contribution < 1.29 is 66.7 Å². The van der Waals surface area contributed by atoms with E-state index in [1.807, 2.05) is 57.2 Å². The fraction of sp³-hybridized carbons (Fsp3) is 0.404. The summed E-state index contributed by atoms with van der Waals surface area (Å²) in [5, 5.41) is 1.16. The first-order valence-electron chi connectivity index (χ1n) is 25.4. The molecule has 0 saturated carbocycles. The highest BCUT2D eigenvalue weighted by Gasteiger charge is 2.53. The zero-order valence-corrected chi connectivity index (χ0v) is 50.0. The lowest BCUT2D eigenvalue weighted by atomic mass is 9.88. The van der Waals surface area contributed by atoms with E-state index in [1.165, 1.54) is 41.5 Å². The highest BCUT2D eigenvalue weighted by Crippen LogP contribution is 2.42. The smallest absolute Gasteiger partial charge is 0.303 e. The van der Waals surface area contributed by atoms with Crippen molar-refractivity contribution >= 4 is 97.6 Å². The molecule has 80 heavy (non-hydrogen) atoms. The molecule has 0 bridgehead atoms. The number of hydrogen-bond donors (Lipinski definition) is 0. The molecule has 18 nitrogen and oxygen atoms in total. The Morgan fingerprint density at radius 2 is 0.938 bits per heavy atom. The molecule has 2 fully saturated rings. The summed E-state index contributed by atoms with van der Waals surface area (Å²) in [7, 11) is 0. The Balaban J connectivity index is 0.000000231. The number of halogens is 3. The number of benzene rings is 2. The zero-order valence-electron chi connectivity index (χ0n) is 45.3. The van der Waals surface area contributed by atoms with Gasteiger partial charge in [0, 0.05) is 105 Å². The number of rotatable bonds is 15. The maximum Gasteiger partial charge on any atom is 0.303 e. The summed E-state index contributed by atoms with van der Waals surface area (Å²) in [4.78, 5) is 91.2. The van der Waals surface area contributed by atoms with E-state index >= 15 is 0 Å². The van der Waals surface area contributed by atoms with E-state index in [-0.39, 0.29) is 0 Å². The molecule has 6 aromatic rings. The molecule has 426 valence electrons. The highest BCUT2D eigenvalue weighted by molar-refractivity contribution is 9.11. The Kier molecular flexibility index (Phi) is 23.6. The number of hydrogen-bond acceptors (Lipinski definition) is 20. The number of ether oxygens (including phenoxy) is 8. The van der Waals surface area contributed by atoms with Crippen molar-refractivity contribution in [3.63, 3.8) is 0 Å². The van der Waals surface area contributed by atoms with Crippen molar-refractivity contribution in [3.05, 3.63) is 149 Å². The van der Waals surface area contributed by atoms with Gasteiger partial charge in [-0.15, -0.1) is 22.7 Å². The predicted molar refractivity (Wildman–Crippen MR) is 302 cm³/mol. The second-order valence-electron chi connectivity index (χ2n) is 18.4. The monoisotopic (exact) mass is 1240 g/mol. The van der Waals surface area contributed by atoms with Gasteiger partial charge in [0.15, 0.2) is 36.6 Å². The van der Waals surface area contributed by atoms with Crippen molar-refractivity contribution in [3.8, 4) is 10.6 Å². The summed E-state index contributed by atoms with van der Waals surface area (Å²) in [5.41, 5.74) is 4.85. The Morgan fingerprint density at radius 1 is 0.525 bits per heavy atom. The number of carbonyl (C=O) groups is 6. The molecular weight excluding hydrogens is 1180 g/mol. The molecule has 0 radical (unpaired) electrons. The third kappa shape index (κ3) is 17.9. The lowest BCUT2D eigenvalue weighted by molar-refractivity contribution is -0.249. The Labute approximate surface area is 490 Å². The van der Waals surface area contributed by atoms with Gasteiger partial charge in [-0.3, -0.25) is 48.7 Å². The van der Waals surface area contributed by atoms with Gasteiger partial charge in [0.05, 0.1) is 38.5 Å². The van der Waals surface area contributed by atoms with E-state index in [4.69, 9.17) is 61.1 Å². The highest BCUT2D eigenvalue weighted by atomic mass is 79.9. The summed E-state index contributed by atoms with van der Waals surface area (Å²) >= 11 is 19.8. The standard InChI is InChI=1S/C28H29ClN2O7S.C24H26BrClO7S.C5H6N2/c1-5-23-26(35-15(2)32)28(37-17(4)34)27(36-16(3)33)25(38-23)18-6-8-21(29)19(12-18)13-20-7-9-24(39-20)22-14-30-10-11-31-22;1-5-19-22(30-12(2)27)24(32-14(4)29)23(31-13(3)28)21(33-19)15-6-8-18(26)16(10-15)11-17-7-9-20(25)34-17;1-5-4-6-2-3-7-5/h6-12,14,23,25-28H,5,13H2,1-4H3;6-10,19,21-24H,5,11H2,1-4H3;2-4H,1H3/t23-,25+,26-,27+,28+;19-,21+,22-,23+,24+;/m11./s1. The summed E-state index contributed by atoms with van der Waals surface area (Å²) in [6, 6.07) is 18.9. The predicted octanol–water partition coefficient (Wildman–Crippen LogP) is 11.3. The van der Waals surface area contributed by atoms with E-state index < -0.39 is 96.9 Å². The van der Waals surface area contributed by atoms with Crippen LogP contribution in [0.1, 0.15) is 118 Å². The van der Waals surface area contributed by atoms with E-state index in [0.717, 1.165) is 40.9 Å². The number of nitrogens with zero attached hydrogens (tertiary/aromatic N) is 4. The maximum absolute atomic E-state index is 12.1. The largest absolute Gasteiger partial charge is 0.456 e. The van der Waals surface area contributed by atoms with Crippen molar-refractivity contribution in [1.82, 2.24) is 19.9 Å². The Bertz CT molecular complexity index is 3080. The van der Waals surface area contributed by atoms with Gasteiger partial charge in [-0.25, -0.2) is 0 Å². The number of aromatic nitrogens is 4. The molecule has 2 aliphatic rings. The zero-order chi connectivity index (χ0) is 58.2. The Hall–Kier alpha value is -6.20. The van der Waals surface area contributed by atoms with E-state index in [2.05, 4.69) is 35.9 Å². The van der Waals surface area contributed by atoms with Gasteiger partial charge in [0.25, 0.3) is 0 Å². The van der Waals surface area contributed by atoms with Crippen LogP contribution in [0.4, 0.5) is 0 Å². The van der Waals surface area contributed by atoms with Gasteiger partial charge < -0.3 is 37.9 Å². The molecule has 0 aliphatic carbocycles. The molecule has 2 aromatic carbocycles. The SMILES string of the molecule is CC[C@H]1O[C@@H](c2ccc(Cl)c(Cc3ccc(-c4cnccn4)s3)c2)[C@H](OC(C)=O)[C@@H](OC(C)=O)[C@@H]1OC(C)=O.CC[C@H]1O[C@@H](c2ccc(Cl)c(Cc3ccc(Br)s3)c2)[C@H](OC(C)=O)[C@@H](OC(C)=O)[C@@H]1OC(C)=O.Cc1cnccn1. The lowest BCUT2D eigenvalue weighted by Crippen LogP contribution is -2.58. The molecule has 0 amide bonds. The van der Waals surface area contributed by atoms with Gasteiger partial charge in [0.1, 0.15) is 12.2 Å². The van der Waals surface area contributed by atoms with Gasteiger partial charge in [-0.05, 0) is 94.3 Å². The molecular formula is C57H61BrCl2N4O14S2. The van der Waals surface area contributed by atoms with Crippen molar-refractivity contribution in [2.24, 2.45) is 0 Å². The topological polar surface area (TPSA) is 228 Å². The average molecular weight is 1240 g/mol. The van der Waals surface area contributed by atoms with E-state index in [0.29, 0.717) is 46.9 Å². The number of esters is 6. The average Bonchev–Trinajstić information content (AvgIpc) is 4.20. The second-order valence-corrected chi connectivity index (χ2v) is 22.9. The van der Waals surface area contributed by atoms with Gasteiger partial charge >= 0.3 is 35.8 Å². The van der Waals surface area contributed by atoms with Crippen LogP contribution in [0.3, 0.4) is 0 Å². The van der Waals surface area contributed by atoms with Crippen LogP contribution in [-0.2, 0) is 79.5 Å². The van der Waals surface area contributed by atoms with Crippen LogP contribution in [-0.4, -0.2) is 105 Å². The summed E-state index contributed by atoms with van der Waals surface area (Å²) in [5.74, 6) is -3.48. The molecule has 0 spiro atoms. The molecule has 6 heterocycles. The summed E-state index contributed by atoms with van der Waals surface area (Å²) < 4.78 is 47.1. The molecule has 23 heteroatoms. The Morgan fingerprint density at radius 3 is 1.30 bits per heavy atom. The van der Waals surface area contributed by atoms with Crippen LogP contribution in [0.2, 0.25) is 10.0 Å². The number of carbonyl (C=O) groups excluding carboxylic acids is 6. The van der Waals surface area contributed by atoms with Crippen LogP contribution in [0.25, 0.3) is 10.6 Å². The first-order valence-corrected chi connectivity index (χ1v) is 28.5. The van der Waals surface area contributed by atoms with Gasteiger partial charge in [0.2, 0.25) is 0 Å². The molecule has 0 N–H and O–H groups in total.